The number of aromatic nitrogens is 1. The molecule has 0 saturated carbocycles. The lowest BCUT2D eigenvalue weighted by molar-refractivity contribution is -0.701. The van der Waals surface area contributed by atoms with E-state index in [0.29, 0.717) is 39.6 Å². The van der Waals surface area contributed by atoms with E-state index in [0.717, 1.165) is 30.0 Å². The molecule has 0 radical (unpaired) electrons. The van der Waals surface area contributed by atoms with Crippen molar-refractivity contribution in [3.05, 3.63) is 30.1 Å². The zero-order valence-corrected chi connectivity index (χ0v) is 28.9. The fourth-order valence-corrected chi connectivity index (χ4v) is 4.82. The molecule has 0 spiro atoms. The Balaban J connectivity index is 1.87. The highest BCUT2D eigenvalue weighted by Gasteiger charge is 2.23. The highest BCUT2D eigenvalue weighted by atomic mass is 16.6. The number of unbranched alkanes of at least 4 members (excludes halogenated alkanes) is 12. The first-order valence-corrected chi connectivity index (χ1v) is 17.6. The highest BCUT2D eigenvalue weighted by molar-refractivity contribution is 5.90. The molecular formula is C35H62N3O8+. The Morgan fingerprint density at radius 3 is 1.70 bits per heavy atom. The van der Waals surface area contributed by atoms with Gasteiger partial charge in [0.15, 0.2) is 6.20 Å². The first-order valence-electron chi connectivity index (χ1n) is 17.6. The van der Waals surface area contributed by atoms with E-state index in [2.05, 4.69) is 12.2 Å². The van der Waals surface area contributed by atoms with Gasteiger partial charge >= 0.3 is 12.2 Å². The maximum Gasteiger partial charge on any atom is 0.417 e. The summed E-state index contributed by atoms with van der Waals surface area (Å²) in [5, 5.41) is 2.79. The van der Waals surface area contributed by atoms with Crippen LogP contribution in [0.15, 0.2) is 24.4 Å². The van der Waals surface area contributed by atoms with Gasteiger partial charge in [-0.1, -0.05) is 90.0 Å². The molecule has 1 aromatic rings. The summed E-state index contributed by atoms with van der Waals surface area (Å²) in [4.78, 5) is 37.2. The summed E-state index contributed by atoms with van der Waals surface area (Å²) in [6.07, 6.45) is 17.7. The van der Waals surface area contributed by atoms with Crippen molar-refractivity contribution in [3.8, 4) is 0 Å². The van der Waals surface area contributed by atoms with E-state index >= 15 is 0 Å². The smallest absolute Gasteiger partial charge is 0.417 e. The number of hydrogen-bond acceptors (Lipinski definition) is 8. The third-order valence-electron chi connectivity index (χ3n) is 7.50. The molecule has 0 aromatic carbocycles. The number of aryl methyl sites for hydroxylation is 1. The molecule has 0 fully saturated rings. The zero-order chi connectivity index (χ0) is 33.5. The monoisotopic (exact) mass is 652 g/mol. The summed E-state index contributed by atoms with van der Waals surface area (Å²) in [5.74, 6) is -0.386. The summed E-state index contributed by atoms with van der Waals surface area (Å²) in [6.45, 7) is 9.26. The quantitative estimate of drug-likeness (QED) is 0.0787. The van der Waals surface area contributed by atoms with Gasteiger partial charge in [0.1, 0.15) is 26.3 Å². The van der Waals surface area contributed by atoms with E-state index < -0.39 is 12.2 Å². The molecule has 0 aliphatic rings. The van der Waals surface area contributed by atoms with Gasteiger partial charge in [0.2, 0.25) is 11.6 Å². The Labute approximate surface area is 277 Å². The number of hydrogen-bond donors (Lipinski definition) is 1. The largest absolute Gasteiger partial charge is 0.447 e. The van der Waals surface area contributed by atoms with Crippen LogP contribution in [-0.2, 0) is 41.6 Å². The predicted octanol–water partition coefficient (Wildman–Crippen LogP) is 6.35. The number of nitrogens with one attached hydrogen (secondary N) is 1. The molecular weight excluding hydrogens is 590 g/mol. The second-order valence-corrected chi connectivity index (χ2v) is 11.3. The van der Waals surface area contributed by atoms with Crippen LogP contribution in [0.1, 0.15) is 110 Å². The molecule has 1 heterocycles. The lowest BCUT2D eigenvalue weighted by Gasteiger charge is -2.17. The van der Waals surface area contributed by atoms with Crippen LogP contribution in [0.5, 0.6) is 0 Å². The van der Waals surface area contributed by atoms with Crippen molar-refractivity contribution >= 4 is 18.1 Å². The normalized spacial score (nSPS) is 10.9. The number of alkyl carbamates (subject to hydrolysis) is 1. The fraction of sp³-hybridized carbons (Fsp3) is 0.771. The average Bonchev–Trinajstić information content (AvgIpc) is 3.05. The molecule has 0 aliphatic carbocycles. The minimum Gasteiger partial charge on any atom is -0.447 e. The Hall–Kier alpha value is -2.76. The van der Waals surface area contributed by atoms with Crippen LogP contribution in [0, 0.1) is 0 Å². The second kappa shape index (κ2) is 29.6. The third-order valence-corrected chi connectivity index (χ3v) is 7.50. The molecule has 46 heavy (non-hydrogen) atoms. The van der Waals surface area contributed by atoms with Crippen molar-refractivity contribution in [3.63, 3.8) is 0 Å². The molecule has 0 atom stereocenters. The third kappa shape index (κ3) is 22.7. The van der Waals surface area contributed by atoms with Gasteiger partial charge in [-0.05, 0) is 13.3 Å². The summed E-state index contributed by atoms with van der Waals surface area (Å²) in [5.41, 5.74) is 0.836. The zero-order valence-electron chi connectivity index (χ0n) is 28.9. The van der Waals surface area contributed by atoms with E-state index in [1.807, 2.05) is 35.9 Å². The predicted molar refractivity (Wildman–Crippen MR) is 177 cm³/mol. The van der Waals surface area contributed by atoms with Gasteiger partial charge in [-0.25, -0.2) is 19.1 Å². The number of nitrogens with zero attached hydrogens (tertiary/aromatic N) is 2. The van der Waals surface area contributed by atoms with Gasteiger partial charge in [0.05, 0.1) is 39.6 Å². The van der Waals surface area contributed by atoms with Gasteiger partial charge in [-0.15, -0.1) is 0 Å². The van der Waals surface area contributed by atoms with Gasteiger partial charge < -0.3 is 29.0 Å². The Morgan fingerprint density at radius 1 is 0.674 bits per heavy atom. The molecule has 11 heteroatoms. The van der Waals surface area contributed by atoms with Crippen LogP contribution in [-0.4, -0.2) is 82.4 Å². The Morgan fingerprint density at radius 2 is 1.17 bits per heavy atom. The van der Waals surface area contributed by atoms with Crippen molar-refractivity contribution in [1.29, 1.82) is 0 Å². The number of ether oxygens (including phenoxy) is 5. The Kier molecular flexibility index (Phi) is 26.6. The van der Waals surface area contributed by atoms with E-state index in [-0.39, 0.29) is 32.3 Å². The van der Waals surface area contributed by atoms with Gasteiger partial charge in [0.25, 0.3) is 0 Å². The Bertz CT molecular complexity index is 918. The summed E-state index contributed by atoms with van der Waals surface area (Å²) >= 11 is 0. The molecule has 0 aliphatic heterocycles. The minimum atomic E-state index is -0.702. The van der Waals surface area contributed by atoms with E-state index in [1.165, 1.54) is 77.6 Å². The van der Waals surface area contributed by atoms with Crippen LogP contribution in [0.3, 0.4) is 0 Å². The van der Waals surface area contributed by atoms with Gasteiger partial charge in [0, 0.05) is 25.6 Å². The number of imide groups is 1. The molecule has 3 amide bonds. The van der Waals surface area contributed by atoms with Crippen LogP contribution < -0.4 is 9.88 Å². The summed E-state index contributed by atoms with van der Waals surface area (Å²) in [6, 6.07) is 5.64. The maximum absolute atomic E-state index is 12.4. The van der Waals surface area contributed by atoms with Crippen molar-refractivity contribution in [1.82, 2.24) is 10.2 Å². The molecule has 1 aromatic heterocycles. The van der Waals surface area contributed by atoms with Crippen LogP contribution in [0.2, 0.25) is 0 Å². The van der Waals surface area contributed by atoms with Gasteiger partial charge in [-0.2, -0.15) is 0 Å². The van der Waals surface area contributed by atoms with Crippen molar-refractivity contribution < 1.29 is 42.6 Å². The fourth-order valence-electron chi connectivity index (χ4n) is 4.82. The first-order chi connectivity index (χ1) is 22.5. The molecule has 0 unspecified atom stereocenters. The molecule has 264 valence electrons. The maximum atomic E-state index is 12.4. The number of carbonyl (C=O) groups is 3. The molecule has 0 bridgehead atoms. The van der Waals surface area contributed by atoms with Gasteiger partial charge in [-0.3, -0.25) is 4.79 Å². The standard InChI is InChI=1S/C35H61N3O8/c1-4-6-7-8-9-10-11-12-13-14-15-16-18-21-36-34(40)45-29-27-43-25-23-42-24-26-44-28-30-46-35(41)38(32(3)39)31-33-20-17-19-22-37(33)5-2/h17,19-20,22H,4-16,18,21,23-31H2,1-3H3/p+1. The highest BCUT2D eigenvalue weighted by Crippen LogP contribution is 2.12. The second-order valence-electron chi connectivity index (χ2n) is 11.3. The minimum absolute atomic E-state index is 0.0290. The topological polar surface area (TPSA) is 117 Å². The summed E-state index contributed by atoms with van der Waals surface area (Å²) in [7, 11) is 0. The van der Waals surface area contributed by atoms with Crippen molar-refractivity contribution in [2.45, 2.75) is 117 Å². The molecule has 1 N–H and O–H groups in total. The number of carbonyl (C=O) groups excluding carboxylic acids is 3. The van der Waals surface area contributed by atoms with E-state index in [4.69, 9.17) is 23.7 Å². The molecule has 1 rings (SSSR count). The lowest BCUT2D eigenvalue weighted by Crippen LogP contribution is -2.43. The number of amides is 3. The van der Waals surface area contributed by atoms with E-state index in [1.54, 1.807) is 0 Å². The SMILES string of the molecule is CCCCCCCCCCCCCCCNC(=O)OCCOCCOCCOCCOC(=O)N(Cc1cccc[n+]1CC)C(C)=O. The molecule has 0 saturated heterocycles. The summed E-state index contributed by atoms with van der Waals surface area (Å²) < 4.78 is 28.6. The number of pyridine rings is 1. The van der Waals surface area contributed by atoms with Crippen LogP contribution >= 0.6 is 0 Å². The number of rotatable bonds is 29. The van der Waals surface area contributed by atoms with Crippen molar-refractivity contribution in [2.24, 2.45) is 0 Å². The molecule has 11 nitrogen and oxygen atoms in total. The average molecular weight is 653 g/mol. The van der Waals surface area contributed by atoms with E-state index in [9.17, 15) is 14.4 Å². The van der Waals surface area contributed by atoms with Crippen LogP contribution in [0.4, 0.5) is 9.59 Å². The first kappa shape index (κ1) is 41.3. The lowest BCUT2D eigenvalue weighted by atomic mass is 10.0. The van der Waals surface area contributed by atoms with Crippen LogP contribution in [0.25, 0.3) is 0 Å². The van der Waals surface area contributed by atoms with Crippen molar-refractivity contribution in [2.75, 3.05) is 59.4 Å².